The van der Waals surface area contributed by atoms with E-state index in [1.54, 1.807) is 24.3 Å². The first-order chi connectivity index (χ1) is 31.2. The second-order valence-corrected chi connectivity index (χ2v) is 18.5. The molecule has 6 aromatic rings. The molecule has 8 heteroatoms. The van der Waals surface area contributed by atoms with Crippen LogP contribution >= 0.6 is 0 Å². The van der Waals surface area contributed by atoms with Crippen LogP contribution in [0.25, 0.3) is 43.1 Å². The standard InChI is InChI=1S/C56H72N2O6/c1-5-9-13-17-33-57(34-18-14-10-6-2)53-37-25-21-29-41(59)45(37)49(46-38(53)26-22-30-42(46)60)51-55(63)52(56(51)64)50-47-39(27-23-31-43(47)61)54(40-28-24-32-44(62)48(40)50)58(35-19-15-11-7-3)36-20-16-12-8-4/h21-32,51-52,55-56,59-62H,5-20,33-36H2,1-4H3/q-2. The van der Waals surface area contributed by atoms with Crippen molar-refractivity contribution < 1.29 is 30.6 Å². The van der Waals surface area contributed by atoms with Gasteiger partial charge in [-0.2, -0.15) is 0 Å². The fourth-order valence-corrected chi connectivity index (χ4v) is 10.9. The van der Waals surface area contributed by atoms with Gasteiger partial charge in [0.25, 0.3) is 0 Å². The summed E-state index contributed by atoms with van der Waals surface area (Å²) in [5, 5.41) is 83.0. The van der Waals surface area contributed by atoms with E-state index >= 15 is 10.2 Å². The predicted octanol–water partition coefficient (Wildman–Crippen LogP) is 12.4. The highest BCUT2D eigenvalue weighted by Crippen LogP contribution is 2.58. The maximum atomic E-state index is 15.4. The van der Waals surface area contributed by atoms with E-state index in [9.17, 15) is 20.4 Å². The molecule has 7 rings (SSSR count). The summed E-state index contributed by atoms with van der Waals surface area (Å²) in [6, 6.07) is 21.6. The second-order valence-electron chi connectivity index (χ2n) is 18.5. The van der Waals surface area contributed by atoms with Gasteiger partial charge < -0.3 is 40.4 Å². The Hall–Kier alpha value is -4.92. The van der Waals surface area contributed by atoms with Crippen LogP contribution < -0.4 is 20.0 Å². The van der Waals surface area contributed by atoms with Gasteiger partial charge in [-0.05, 0) is 72.9 Å². The number of hydrogen-bond donors (Lipinski definition) is 4. The normalized spacial score (nSPS) is 17.5. The Morgan fingerprint density at radius 1 is 0.375 bits per heavy atom. The third kappa shape index (κ3) is 9.28. The Morgan fingerprint density at radius 2 is 0.625 bits per heavy atom. The first kappa shape index (κ1) is 47.1. The monoisotopic (exact) mass is 869 g/mol. The van der Waals surface area contributed by atoms with Crippen LogP contribution in [0.1, 0.15) is 153 Å². The first-order valence-corrected chi connectivity index (χ1v) is 24.8. The minimum atomic E-state index is -1.52. The molecule has 64 heavy (non-hydrogen) atoms. The van der Waals surface area contributed by atoms with Crippen molar-refractivity contribution in [1.29, 1.82) is 0 Å². The van der Waals surface area contributed by atoms with Gasteiger partial charge in [0.15, 0.2) is 0 Å². The average molecular weight is 869 g/mol. The summed E-state index contributed by atoms with van der Waals surface area (Å²) in [5.41, 5.74) is 2.57. The second kappa shape index (κ2) is 21.8. The Labute approximate surface area is 381 Å². The maximum absolute atomic E-state index is 15.4. The predicted molar refractivity (Wildman–Crippen MR) is 264 cm³/mol. The molecule has 1 fully saturated rings. The van der Waals surface area contributed by atoms with Crippen LogP contribution in [0.2, 0.25) is 0 Å². The van der Waals surface area contributed by atoms with Gasteiger partial charge in [-0.15, -0.1) is 12.2 Å². The highest BCUT2D eigenvalue weighted by atomic mass is 16.3. The number of rotatable bonds is 24. The van der Waals surface area contributed by atoms with Crippen molar-refractivity contribution in [2.45, 2.75) is 154 Å². The number of unbranched alkanes of at least 4 members (excludes halogenated alkanes) is 12. The number of nitrogens with zero attached hydrogens (tertiary/aromatic N) is 2. The van der Waals surface area contributed by atoms with Crippen LogP contribution in [0.5, 0.6) is 23.0 Å². The van der Waals surface area contributed by atoms with Crippen molar-refractivity contribution in [3.63, 3.8) is 0 Å². The lowest BCUT2D eigenvalue weighted by molar-refractivity contribution is -0.535. The molecule has 0 aliphatic heterocycles. The van der Waals surface area contributed by atoms with Gasteiger partial charge in [-0.25, -0.2) is 0 Å². The molecule has 8 nitrogen and oxygen atoms in total. The molecule has 0 spiro atoms. The number of hydrogen-bond acceptors (Lipinski definition) is 8. The summed E-state index contributed by atoms with van der Waals surface area (Å²) in [6.07, 6.45) is 14.4. The van der Waals surface area contributed by atoms with Crippen LogP contribution in [-0.4, -0.2) is 58.8 Å². The van der Waals surface area contributed by atoms with Crippen molar-refractivity contribution in [1.82, 2.24) is 0 Å². The van der Waals surface area contributed by atoms with E-state index in [0.717, 1.165) is 162 Å². The van der Waals surface area contributed by atoms with Gasteiger partial charge in [-0.1, -0.05) is 153 Å². The lowest BCUT2D eigenvalue weighted by atomic mass is 9.60. The zero-order valence-electron chi connectivity index (χ0n) is 38.9. The van der Waals surface area contributed by atoms with Crippen LogP contribution in [0.4, 0.5) is 11.4 Å². The van der Waals surface area contributed by atoms with E-state index < -0.39 is 24.0 Å². The molecule has 344 valence electrons. The molecule has 0 unspecified atom stereocenters. The van der Waals surface area contributed by atoms with Crippen molar-refractivity contribution in [2.75, 3.05) is 36.0 Å². The molecule has 1 aliphatic carbocycles. The fraction of sp³-hybridized carbons (Fsp3) is 0.500. The number of benzene rings is 6. The molecule has 4 N–H and O–H groups in total. The molecular formula is C56H72N2O6-2. The zero-order valence-corrected chi connectivity index (χ0v) is 38.9. The first-order valence-electron chi connectivity index (χ1n) is 24.8. The largest absolute Gasteiger partial charge is 0.851 e. The molecule has 0 heterocycles. The maximum Gasteiger partial charge on any atom is 0.123 e. The lowest BCUT2D eigenvalue weighted by Gasteiger charge is -2.62. The zero-order chi connectivity index (χ0) is 45.3. The van der Waals surface area contributed by atoms with E-state index in [2.05, 4.69) is 37.5 Å². The van der Waals surface area contributed by atoms with E-state index in [1.807, 2.05) is 48.5 Å². The summed E-state index contributed by atoms with van der Waals surface area (Å²) in [6.45, 7) is 12.0. The summed E-state index contributed by atoms with van der Waals surface area (Å²) < 4.78 is 0. The van der Waals surface area contributed by atoms with E-state index in [1.165, 1.54) is 0 Å². The third-order valence-corrected chi connectivity index (χ3v) is 14.1. The molecule has 0 amide bonds. The Morgan fingerprint density at radius 3 is 0.859 bits per heavy atom. The van der Waals surface area contributed by atoms with Crippen molar-refractivity contribution >= 4 is 54.5 Å². The Balaban J connectivity index is 1.40. The van der Waals surface area contributed by atoms with Crippen LogP contribution in [0.15, 0.2) is 72.8 Å². The van der Waals surface area contributed by atoms with Gasteiger partial charge in [0.1, 0.15) is 23.0 Å². The lowest BCUT2D eigenvalue weighted by Crippen LogP contribution is -2.63. The van der Waals surface area contributed by atoms with Gasteiger partial charge in [0, 0.05) is 69.3 Å². The Kier molecular flexibility index (Phi) is 16.1. The van der Waals surface area contributed by atoms with E-state index in [-0.39, 0.29) is 23.0 Å². The average Bonchev–Trinajstić information content (AvgIpc) is 3.28. The summed E-state index contributed by atoms with van der Waals surface area (Å²) >= 11 is 0. The molecule has 1 saturated carbocycles. The minimum absolute atomic E-state index is 0.0350. The number of phenols is 4. The van der Waals surface area contributed by atoms with Crippen molar-refractivity contribution in [3.8, 4) is 23.0 Å². The molecule has 0 atom stereocenters. The van der Waals surface area contributed by atoms with Crippen LogP contribution in [0.3, 0.4) is 0 Å². The molecule has 0 bridgehead atoms. The summed E-state index contributed by atoms with van der Waals surface area (Å²) in [5.74, 6) is -2.41. The van der Waals surface area contributed by atoms with Gasteiger partial charge in [-0.3, -0.25) is 0 Å². The van der Waals surface area contributed by atoms with Gasteiger partial charge >= 0.3 is 0 Å². The third-order valence-electron chi connectivity index (χ3n) is 14.1. The molecule has 0 saturated heterocycles. The van der Waals surface area contributed by atoms with Crippen LogP contribution in [0, 0.1) is 0 Å². The molecule has 6 aromatic carbocycles. The van der Waals surface area contributed by atoms with Gasteiger partial charge in [0.2, 0.25) is 0 Å². The molecule has 0 aromatic heterocycles. The topological polar surface area (TPSA) is 134 Å². The van der Waals surface area contributed by atoms with Crippen molar-refractivity contribution in [3.05, 3.63) is 83.9 Å². The quantitative estimate of drug-likeness (QED) is 0.0349. The highest BCUT2D eigenvalue weighted by molar-refractivity contribution is 6.19. The summed E-state index contributed by atoms with van der Waals surface area (Å²) in [4.78, 5) is 4.79. The van der Waals surface area contributed by atoms with Gasteiger partial charge in [0.05, 0.1) is 11.4 Å². The highest BCUT2D eigenvalue weighted by Gasteiger charge is 2.44. The molecular weight excluding hydrogens is 797 g/mol. The molecule has 0 radical (unpaired) electrons. The Bertz CT molecular complexity index is 2170. The minimum Gasteiger partial charge on any atom is -0.851 e. The molecule has 1 aliphatic rings. The smallest absolute Gasteiger partial charge is 0.123 e. The SMILES string of the molecule is CCCCCCN(CCCCCC)c1c2cccc(O)c2c(C2C([O-])C(c3c4c(O)cccc4c(N(CCCCCC)CCCCCC)c4cccc(O)c34)C2[O-])c2c(O)cccc12. The summed E-state index contributed by atoms with van der Waals surface area (Å²) in [7, 11) is 0. The van der Waals surface area contributed by atoms with E-state index in [4.69, 9.17) is 0 Å². The fourth-order valence-electron chi connectivity index (χ4n) is 10.9. The number of phenolic OH excluding ortho intramolecular Hbond substituents is 4. The number of anilines is 2. The number of aromatic hydroxyl groups is 4. The van der Waals surface area contributed by atoms with Crippen molar-refractivity contribution in [2.24, 2.45) is 0 Å². The van der Waals surface area contributed by atoms with Crippen LogP contribution in [-0.2, 0) is 0 Å². The number of fused-ring (bicyclic) bond motifs is 4. The van der Waals surface area contributed by atoms with E-state index in [0.29, 0.717) is 32.7 Å².